The second-order valence-corrected chi connectivity index (χ2v) is 4.43. The molecule has 0 amide bonds. The highest BCUT2D eigenvalue weighted by atomic mass is 16.5. The molecular weight excluding hydrogens is 212 g/mol. The lowest BCUT2D eigenvalue weighted by atomic mass is 10.0. The van der Waals surface area contributed by atoms with Gasteiger partial charge in [-0.2, -0.15) is 0 Å². The molecule has 0 radical (unpaired) electrons. The van der Waals surface area contributed by atoms with Gasteiger partial charge in [0.15, 0.2) is 0 Å². The second kappa shape index (κ2) is 9.20. The van der Waals surface area contributed by atoms with Crippen molar-refractivity contribution < 1.29 is 9.84 Å². The number of benzene rings is 1. The summed E-state index contributed by atoms with van der Waals surface area (Å²) in [5.41, 5.74) is 1.35. The van der Waals surface area contributed by atoms with Gasteiger partial charge in [0.2, 0.25) is 0 Å². The van der Waals surface area contributed by atoms with Crippen LogP contribution in [0.15, 0.2) is 30.3 Å². The van der Waals surface area contributed by atoms with Crippen LogP contribution < -0.4 is 0 Å². The van der Waals surface area contributed by atoms with Crippen molar-refractivity contribution in [3.63, 3.8) is 0 Å². The Balaban J connectivity index is 2.02. The summed E-state index contributed by atoms with van der Waals surface area (Å²) in [6.07, 6.45) is 4.55. The van der Waals surface area contributed by atoms with Gasteiger partial charge in [-0.15, -0.1) is 0 Å². The van der Waals surface area contributed by atoms with E-state index in [2.05, 4.69) is 31.2 Å². The van der Waals surface area contributed by atoms with Gasteiger partial charge in [-0.3, -0.25) is 0 Å². The monoisotopic (exact) mass is 236 g/mol. The zero-order chi connectivity index (χ0) is 12.3. The highest BCUT2D eigenvalue weighted by molar-refractivity contribution is 5.14. The lowest BCUT2D eigenvalue weighted by molar-refractivity contribution is 0.0775. The molecule has 0 heterocycles. The Morgan fingerprint density at radius 2 is 1.88 bits per heavy atom. The quantitative estimate of drug-likeness (QED) is 0.667. The topological polar surface area (TPSA) is 29.5 Å². The highest BCUT2D eigenvalue weighted by Gasteiger charge is 2.03. The fourth-order valence-corrected chi connectivity index (χ4v) is 1.80. The first kappa shape index (κ1) is 14.2. The van der Waals surface area contributed by atoms with E-state index in [0.29, 0.717) is 6.61 Å². The molecule has 1 rings (SSSR count). The summed E-state index contributed by atoms with van der Waals surface area (Å²) >= 11 is 0. The van der Waals surface area contributed by atoms with Crippen LogP contribution in [-0.4, -0.2) is 24.4 Å². The molecule has 0 aliphatic rings. The molecule has 2 nitrogen and oxygen atoms in total. The minimum Gasteiger partial charge on any atom is -0.393 e. The minimum atomic E-state index is -0.212. The number of aliphatic hydroxyl groups excluding tert-OH is 1. The van der Waals surface area contributed by atoms with Crippen LogP contribution in [0, 0.1) is 0 Å². The summed E-state index contributed by atoms with van der Waals surface area (Å²) in [5, 5.41) is 9.75. The van der Waals surface area contributed by atoms with Crippen LogP contribution in [-0.2, 0) is 11.2 Å². The van der Waals surface area contributed by atoms with E-state index in [1.807, 2.05) is 6.07 Å². The third kappa shape index (κ3) is 7.14. The predicted octanol–water partition coefficient (Wildman–Crippen LogP) is 3.19. The molecule has 0 aliphatic carbocycles. The van der Waals surface area contributed by atoms with Gasteiger partial charge in [-0.1, -0.05) is 37.3 Å². The predicted molar refractivity (Wildman–Crippen MR) is 71.1 cm³/mol. The van der Waals surface area contributed by atoms with Crippen molar-refractivity contribution in [3.8, 4) is 0 Å². The van der Waals surface area contributed by atoms with Crippen LogP contribution in [0.5, 0.6) is 0 Å². The first-order valence-electron chi connectivity index (χ1n) is 6.62. The molecule has 17 heavy (non-hydrogen) atoms. The van der Waals surface area contributed by atoms with E-state index in [4.69, 9.17) is 4.74 Å². The van der Waals surface area contributed by atoms with Gasteiger partial charge < -0.3 is 9.84 Å². The van der Waals surface area contributed by atoms with Crippen molar-refractivity contribution >= 4 is 0 Å². The number of aryl methyl sites for hydroxylation is 1. The largest absolute Gasteiger partial charge is 0.393 e. The summed E-state index contributed by atoms with van der Waals surface area (Å²) in [5.74, 6) is 0. The number of hydrogen-bond donors (Lipinski definition) is 1. The second-order valence-electron chi connectivity index (χ2n) is 4.43. The summed E-state index contributed by atoms with van der Waals surface area (Å²) < 4.78 is 5.36. The smallest absolute Gasteiger partial charge is 0.0562 e. The lowest BCUT2D eigenvalue weighted by Crippen LogP contribution is -2.11. The Morgan fingerprint density at radius 1 is 1.12 bits per heavy atom. The van der Waals surface area contributed by atoms with Gasteiger partial charge in [0.1, 0.15) is 0 Å². The maximum absolute atomic E-state index is 9.75. The van der Waals surface area contributed by atoms with Crippen molar-refractivity contribution in [2.75, 3.05) is 13.2 Å². The number of aliphatic hydroxyl groups is 1. The lowest BCUT2D eigenvalue weighted by Gasteiger charge is -2.10. The van der Waals surface area contributed by atoms with Crippen molar-refractivity contribution in [2.24, 2.45) is 0 Å². The molecule has 1 unspecified atom stereocenters. The van der Waals surface area contributed by atoms with Gasteiger partial charge >= 0.3 is 0 Å². The Bertz CT molecular complexity index is 272. The molecule has 1 N–H and O–H groups in total. The molecule has 0 fully saturated rings. The molecule has 1 aromatic carbocycles. The van der Waals surface area contributed by atoms with Gasteiger partial charge in [-0.05, 0) is 37.7 Å². The highest BCUT2D eigenvalue weighted by Crippen LogP contribution is 2.08. The third-order valence-electron chi connectivity index (χ3n) is 2.79. The molecule has 0 aromatic heterocycles. The molecule has 1 atom stereocenters. The van der Waals surface area contributed by atoms with Crippen LogP contribution >= 0.6 is 0 Å². The molecule has 0 bridgehead atoms. The van der Waals surface area contributed by atoms with Crippen LogP contribution in [0.4, 0.5) is 0 Å². The number of ether oxygens (including phenoxy) is 1. The third-order valence-corrected chi connectivity index (χ3v) is 2.79. The van der Waals surface area contributed by atoms with Crippen molar-refractivity contribution in [1.82, 2.24) is 0 Å². The summed E-state index contributed by atoms with van der Waals surface area (Å²) in [6.45, 7) is 3.58. The number of hydrogen-bond acceptors (Lipinski definition) is 2. The Morgan fingerprint density at radius 3 is 2.59 bits per heavy atom. The maximum Gasteiger partial charge on any atom is 0.0562 e. The van der Waals surface area contributed by atoms with E-state index < -0.39 is 0 Å². The zero-order valence-corrected chi connectivity index (χ0v) is 10.8. The fraction of sp³-hybridized carbons (Fsp3) is 0.600. The molecule has 2 heteroatoms. The molecular formula is C15H24O2. The van der Waals surface area contributed by atoms with E-state index in [1.54, 1.807) is 0 Å². The average molecular weight is 236 g/mol. The Kier molecular flexibility index (Phi) is 7.69. The Labute approximate surface area is 105 Å². The van der Waals surface area contributed by atoms with Crippen LogP contribution in [0.1, 0.15) is 38.2 Å². The van der Waals surface area contributed by atoms with E-state index in [1.165, 1.54) is 5.56 Å². The van der Waals surface area contributed by atoms with E-state index in [0.717, 1.165) is 38.7 Å². The number of rotatable bonds is 9. The van der Waals surface area contributed by atoms with Crippen LogP contribution in [0.2, 0.25) is 0 Å². The molecule has 96 valence electrons. The summed E-state index contributed by atoms with van der Waals surface area (Å²) in [6, 6.07) is 10.4. The standard InChI is InChI=1S/C15H24O2/c1-2-12-17-13-11-15(16)10-6-9-14-7-4-3-5-8-14/h3-5,7-8,15-16H,2,6,9-13H2,1H3. The molecule has 0 saturated carbocycles. The van der Waals surface area contributed by atoms with Crippen LogP contribution in [0.25, 0.3) is 0 Å². The van der Waals surface area contributed by atoms with Crippen molar-refractivity contribution in [3.05, 3.63) is 35.9 Å². The van der Waals surface area contributed by atoms with Gasteiger partial charge in [0.05, 0.1) is 6.10 Å². The van der Waals surface area contributed by atoms with Crippen molar-refractivity contribution in [1.29, 1.82) is 0 Å². The van der Waals surface area contributed by atoms with E-state index in [-0.39, 0.29) is 6.10 Å². The summed E-state index contributed by atoms with van der Waals surface area (Å²) in [4.78, 5) is 0. The average Bonchev–Trinajstić information content (AvgIpc) is 2.36. The van der Waals surface area contributed by atoms with E-state index >= 15 is 0 Å². The van der Waals surface area contributed by atoms with Gasteiger partial charge in [0, 0.05) is 13.2 Å². The first-order valence-corrected chi connectivity index (χ1v) is 6.62. The molecule has 0 aliphatic heterocycles. The van der Waals surface area contributed by atoms with Gasteiger partial charge in [0.25, 0.3) is 0 Å². The summed E-state index contributed by atoms with van der Waals surface area (Å²) in [7, 11) is 0. The minimum absolute atomic E-state index is 0.212. The first-order chi connectivity index (χ1) is 8.33. The van der Waals surface area contributed by atoms with Crippen LogP contribution in [0.3, 0.4) is 0 Å². The van der Waals surface area contributed by atoms with E-state index in [9.17, 15) is 5.11 Å². The molecule has 0 spiro atoms. The Hall–Kier alpha value is -0.860. The van der Waals surface area contributed by atoms with Crippen molar-refractivity contribution in [2.45, 2.75) is 45.1 Å². The normalized spacial score (nSPS) is 12.6. The fourth-order valence-electron chi connectivity index (χ4n) is 1.80. The SMILES string of the molecule is CCCOCCC(O)CCCc1ccccc1. The van der Waals surface area contributed by atoms with Gasteiger partial charge in [-0.25, -0.2) is 0 Å². The molecule has 0 saturated heterocycles. The maximum atomic E-state index is 9.75. The zero-order valence-electron chi connectivity index (χ0n) is 10.8. The molecule has 1 aromatic rings.